The molecule has 0 amide bonds. The van der Waals surface area contributed by atoms with Crippen molar-refractivity contribution in [1.82, 2.24) is 24.6 Å². The molecule has 1 aromatic carbocycles. The van der Waals surface area contributed by atoms with Crippen molar-refractivity contribution in [1.29, 1.82) is 0 Å². The van der Waals surface area contributed by atoms with Crippen molar-refractivity contribution in [2.45, 2.75) is 25.7 Å². The molecule has 0 radical (unpaired) electrons. The molecule has 3 aromatic rings. The lowest BCUT2D eigenvalue weighted by molar-refractivity contribution is 0.0915. The first-order valence-corrected chi connectivity index (χ1v) is 7.74. The van der Waals surface area contributed by atoms with Gasteiger partial charge in [-0.3, -0.25) is 9.58 Å². The van der Waals surface area contributed by atoms with Crippen LogP contribution in [0.15, 0.2) is 30.3 Å². The summed E-state index contributed by atoms with van der Waals surface area (Å²) >= 11 is 0. The van der Waals surface area contributed by atoms with Crippen molar-refractivity contribution in [3.63, 3.8) is 0 Å². The van der Waals surface area contributed by atoms with Gasteiger partial charge in [-0.05, 0) is 18.2 Å². The number of nitrogens with one attached hydrogen (secondary N) is 1. The maximum atomic E-state index is 9.71. The van der Waals surface area contributed by atoms with Crippen LogP contribution in [0.25, 0.3) is 11.0 Å². The molecule has 0 saturated carbocycles. The standard InChI is InChI=1S/C16H19N5O2/c22-10-15(23)14-7-11-8-20(5-6-21(11)19-14)9-16-17-12-3-1-2-4-13(12)18-16/h1-4,7,15,22-23H,5-6,8-10H2,(H,17,18). The molecule has 1 aliphatic rings. The summed E-state index contributed by atoms with van der Waals surface area (Å²) in [5.41, 5.74) is 3.62. The molecule has 3 N–H and O–H groups in total. The average Bonchev–Trinajstić information content (AvgIpc) is 3.16. The number of aliphatic hydroxyl groups is 2. The van der Waals surface area contributed by atoms with E-state index in [-0.39, 0.29) is 6.61 Å². The van der Waals surface area contributed by atoms with E-state index in [9.17, 15) is 5.11 Å². The number of hydrogen-bond acceptors (Lipinski definition) is 5. The van der Waals surface area contributed by atoms with E-state index in [1.807, 2.05) is 35.0 Å². The van der Waals surface area contributed by atoms with E-state index in [2.05, 4.69) is 20.0 Å². The molecule has 0 bridgehead atoms. The lowest BCUT2D eigenvalue weighted by Gasteiger charge is -2.26. The van der Waals surface area contributed by atoms with Gasteiger partial charge in [0.05, 0.1) is 42.1 Å². The molecule has 0 saturated heterocycles. The first kappa shape index (κ1) is 14.4. The first-order valence-electron chi connectivity index (χ1n) is 7.74. The van der Waals surface area contributed by atoms with E-state index >= 15 is 0 Å². The first-order chi connectivity index (χ1) is 11.2. The van der Waals surface area contributed by atoms with Crippen LogP contribution in [0, 0.1) is 0 Å². The Bertz CT molecular complexity index is 792. The van der Waals surface area contributed by atoms with Crippen LogP contribution in [0.5, 0.6) is 0 Å². The third-order valence-corrected chi connectivity index (χ3v) is 4.22. The minimum Gasteiger partial charge on any atom is -0.393 e. The summed E-state index contributed by atoms with van der Waals surface area (Å²) in [6, 6.07) is 9.88. The molecule has 2 aromatic heterocycles. The number of aromatic amines is 1. The topological polar surface area (TPSA) is 90.2 Å². The summed E-state index contributed by atoms with van der Waals surface area (Å²) in [6.45, 7) is 2.84. The SMILES string of the molecule is OCC(O)c1cc2n(n1)CCN(Cc1nc3ccccc3[nH]1)C2. The molecular formula is C16H19N5O2. The number of aliphatic hydroxyl groups excluding tert-OH is 2. The van der Waals surface area contributed by atoms with Crippen LogP contribution in [0.3, 0.4) is 0 Å². The zero-order valence-electron chi connectivity index (χ0n) is 12.7. The molecule has 1 unspecified atom stereocenters. The van der Waals surface area contributed by atoms with Gasteiger partial charge >= 0.3 is 0 Å². The van der Waals surface area contributed by atoms with Gasteiger partial charge in [0.15, 0.2) is 0 Å². The summed E-state index contributed by atoms with van der Waals surface area (Å²) in [5, 5.41) is 23.1. The van der Waals surface area contributed by atoms with Gasteiger partial charge in [-0.2, -0.15) is 5.10 Å². The number of benzene rings is 1. The number of nitrogens with zero attached hydrogens (tertiary/aromatic N) is 4. The zero-order valence-corrected chi connectivity index (χ0v) is 12.7. The van der Waals surface area contributed by atoms with Gasteiger partial charge in [0, 0.05) is 13.1 Å². The van der Waals surface area contributed by atoms with Crippen molar-refractivity contribution in [3.8, 4) is 0 Å². The van der Waals surface area contributed by atoms with Crippen molar-refractivity contribution < 1.29 is 10.2 Å². The molecule has 3 heterocycles. The Labute approximate surface area is 133 Å². The lowest BCUT2D eigenvalue weighted by Crippen LogP contribution is -2.33. The molecule has 120 valence electrons. The van der Waals surface area contributed by atoms with Crippen LogP contribution in [-0.2, 0) is 19.6 Å². The van der Waals surface area contributed by atoms with Crippen LogP contribution in [0.2, 0.25) is 0 Å². The minimum atomic E-state index is -0.906. The summed E-state index contributed by atoms with van der Waals surface area (Å²) in [6.07, 6.45) is -0.906. The summed E-state index contributed by atoms with van der Waals surface area (Å²) in [4.78, 5) is 10.3. The van der Waals surface area contributed by atoms with Crippen molar-refractivity contribution >= 4 is 11.0 Å². The second-order valence-corrected chi connectivity index (χ2v) is 5.89. The third-order valence-electron chi connectivity index (χ3n) is 4.22. The Kier molecular flexibility index (Phi) is 3.60. The lowest BCUT2D eigenvalue weighted by atomic mass is 10.2. The Hall–Kier alpha value is -2.22. The van der Waals surface area contributed by atoms with E-state index in [4.69, 9.17) is 5.11 Å². The Balaban J connectivity index is 1.50. The molecule has 1 aliphatic heterocycles. The predicted molar refractivity (Wildman–Crippen MR) is 84.5 cm³/mol. The third kappa shape index (κ3) is 2.74. The van der Waals surface area contributed by atoms with Gasteiger partial charge in [0.2, 0.25) is 0 Å². The van der Waals surface area contributed by atoms with Gasteiger partial charge in [0.25, 0.3) is 0 Å². The number of fused-ring (bicyclic) bond motifs is 2. The van der Waals surface area contributed by atoms with Crippen molar-refractivity contribution in [3.05, 3.63) is 47.5 Å². The molecule has 7 heteroatoms. The molecule has 0 spiro atoms. The highest BCUT2D eigenvalue weighted by atomic mass is 16.3. The number of imidazole rings is 1. The highest BCUT2D eigenvalue weighted by Crippen LogP contribution is 2.19. The average molecular weight is 313 g/mol. The Morgan fingerprint density at radius 1 is 1.26 bits per heavy atom. The van der Waals surface area contributed by atoms with Crippen LogP contribution < -0.4 is 0 Å². The number of H-pyrrole nitrogens is 1. The summed E-state index contributed by atoms with van der Waals surface area (Å²) in [7, 11) is 0. The van der Waals surface area contributed by atoms with Gasteiger partial charge in [-0.25, -0.2) is 4.98 Å². The molecular weight excluding hydrogens is 294 g/mol. The van der Waals surface area contributed by atoms with E-state index in [0.29, 0.717) is 5.69 Å². The number of aromatic nitrogens is 4. The van der Waals surface area contributed by atoms with Crippen LogP contribution in [0.4, 0.5) is 0 Å². The summed E-state index contributed by atoms with van der Waals surface area (Å²) in [5.74, 6) is 0.954. The van der Waals surface area contributed by atoms with E-state index in [0.717, 1.165) is 48.7 Å². The highest BCUT2D eigenvalue weighted by molar-refractivity contribution is 5.74. The van der Waals surface area contributed by atoms with Gasteiger partial charge in [-0.15, -0.1) is 0 Å². The quantitative estimate of drug-likeness (QED) is 0.663. The molecule has 0 fully saturated rings. The Morgan fingerprint density at radius 3 is 2.96 bits per heavy atom. The van der Waals surface area contributed by atoms with Crippen molar-refractivity contribution in [2.75, 3.05) is 13.2 Å². The van der Waals surface area contributed by atoms with E-state index in [1.54, 1.807) is 0 Å². The van der Waals surface area contributed by atoms with E-state index in [1.165, 1.54) is 0 Å². The minimum absolute atomic E-state index is 0.306. The zero-order chi connectivity index (χ0) is 15.8. The van der Waals surface area contributed by atoms with Gasteiger partial charge in [0.1, 0.15) is 11.9 Å². The molecule has 23 heavy (non-hydrogen) atoms. The molecule has 1 atom stereocenters. The molecule has 0 aliphatic carbocycles. The van der Waals surface area contributed by atoms with Crippen LogP contribution in [0.1, 0.15) is 23.3 Å². The fourth-order valence-electron chi connectivity index (χ4n) is 3.03. The molecule has 4 rings (SSSR count). The number of para-hydroxylation sites is 2. The maximum absolute atomic E-state index is 9.71. The predicted octanol–water partition coefficient (Wildman–Crippen LogP) is 0.801. The fourth-order valence-corrected chi connectivity index (χ4v) is 3.03. The second-order valence-electron chi connectivity index (χ2n) is 5.89. The van der Waals surface area contributed by atoms with E-state index < -0.39 is 6.10 Å². The van der Waals surface area contributed by atoms with Crippen LogP contribution in [-0.4, -0.2) is 48.0 Å². The van der Waals surface area contributed by atoms with Gasteiger partial charge in [-0.1, -0.05) is 12.1 Å². The normalized spacial score (nSPS) is 16.6. The van der Waals surface area contributed by atoms with Crippen LogP contribution >= 0.6 is 0 Å². The Morgan fingerprint density at radius 2 is 2.13 bits per heavy atom. The largest absolute Gasteiger partial charge is 0.393 e. The fraction of sp³-hybridized carbons (Fsp3) is 0.375. The molecule has 7 nitrogen and oxygen atoms in total. The maximum Gasteiger partial charge on any atom is 0.121 e. The van der Waals surface area contributed by atoms with Gasteiger partial charge < -0.3 is 15.2 Å². The second kappa shape index (κ2) is 5.77. The smallest absolute Gasteiger partial charge is 0.121 e. The van der Waals surface area contributed by atoms with Crippen molar-refractivity contribution in [2.24, 2.45) is 0 Å². The number of rotatable bonds is 4. The highest BCUT2D eigenvalue weighted by Gasteiger charge is 2.21. The number of hydrogen-bond donors (Lipinski definition) is 3. The summed E-state index contributed by atoms with van der Waals surface area (Å²) < 4.78 is 1.91. The monoisotopic (exact) mass is 313 g/mol.